The third-order valence-corrected chi connectivity index (χ3v) is 3.69. The van der Waals surface area contributed by atoms with Crippen LogP contribution in [-0.2, 0) is 6.54 Å². The second kappa shape index (κ2) is 5.61. The van der Waals surface area contributed by atoms with Gasteiger partial charge in [0.05, 0.1) is 18.2 Å². The number of fused-ring (bicyclic) bond motifs is 1. The summed E-state index contributed by atoms with van der Waals surface area (Å²) in [5.41, 5.74) is 5.75. The number of imide groups is 1. The average molecular weight is 296 g/mol. The minimum atomic E-state index is -0.314. The van der Waals surface area contributed by atoms with Crippen LogP contribution in [0.1, 0.15) is 31.8 Å². The van der Waals surface area contributed by atoms with Crippen LogP contribution in [0.3, 0.4) is 0 Å². The first-order chi connectivity index (χ1) is 10.6. The number of methoxy groups -OCH3 is 1. The number of carbonyl (C=O) groups excluding carboxylic acids is 2. The minimum Gasteiger partial charge on any atom is -0.496 e. The van der Waals surface area contributed by atoms with Crippen molar-refractivity contribution in [2.45, 2.75) is 13.5 Å². The summed E-state index contributed by atoms with van der Waals surface area (Å²) in [5.74, 6) is 0.182. The van der Waals surface area contributed by atoms with Gasteiger partial charge in [0, 0.05) is 6.54 Å². The molecule has 1 N–H and O–H groups in total. The first-order valence-corrected chi connectivity index (χ1v) is 6.96. The minimum absolute atomic E-state index is 0.314. The molecule has 0 unspecified atom stereocenters. The molecule has 0 radical (unpaired) electrons. The SMILES string of the molecule is COc1ccc(CNN2C(=O)c3ccccc3C2=O)cc1C. The Morgan fingerprint density at radius 1 is 1.05 bits per heavy atom. The number of hydrogen-bond acceptors (Lipinski definition) is 4. The Hall–Kier alpha value is -2.66. The number of hydrogen-bond donors (Lipinski definition) is 1. The number of nitrogens with one attached hydrogen (secondary N) is 1. The fraction of sp³-hybridized carbons (Fsp3) is 0.176. The summed E-state index contributed by atoms with van der Waals surface area (Å²) in [6.45, 7) is 2.33. The van der Waals surface area contributed by atoms with Crippen molar-refractivity contribution in [3.8, 4) is 5.75 Å². The lowest BCUT2D eigenvalue weighted by Crippen LogP contribution is -2.41. The maximum absolute atomic E-state index is 12.2. The summed E-state index contributed by atoms with van der Waals surface area (Å²) in [4.78, 5) is 24.4. The van der Waals surface area contributed by atoms with Gasteiger partial charge in [-0.25, -0.2) is 10.4 Å². The van der Waals surface area contributed by atoms with E-state index in [1.807, 2.05) is 25.1 Å². The van der Waals surface area contributed by atoms with Crippen LogP contribution >= 0.6 is 0 Å². The topological polar surface area (TPSA) is 58.6 Å². The Bertz CT molecular complexity index is 720. The Morgan fingerprint density at radius 3 is 2.23 bits per heavy atom. The Balaban J connectivity index is 1.74. The van der Waals surface area contributed by atoms with Crippen molar-refractivity contribution in [1.82, 2.24) is 10.4 Å². The molecule has 0 atom stereocenters. The fourth-order valence-electron chi connectivity index (χ4n) is 2.55. The summed E-state index contributed by atoms with van der Waals surface area (Å²) in [6.07, 6.45) is 0. The van der Waals surface area contributed by atoms with Gasteiger partial charge in [0.2, 0.25) is 0 Å². The summed E-state index contributed by atoms with van der Waals surface area (Å²) in [6, 6.07) is 12.6. The van der Waals surface area contributed by atoms with E-state index in [4.69, 9.17) is 4.74 Å². The molecule has 2 aromatic carbocycles. The molecule has 5 nitrogen and oxygen atoms in total. The molecule has 22 heavy (non-hydrogen) atoms. The maximum Gasteiger partial charge on any atom is 0.276 e. The van der Waals surface area contributed by atoms with Crippen LogP contribution < -0.4 is 10.2 Å². The van der Waals surface area contributed by atoms with Gasteiger partial charge in [0.25, 0.3) is 11.8 Å². The predicted molar refractivity (Wildman–Crippen MR) is 81.5 cm³/mol. The van der Waals surface area contributed by atoms with Crippen LogP contribution in [0.5, 0.6) is 5.75 Å². The highest BCUT2D eigenvalue weighted by molar-refractivity contribution is 6.20. The van der Waals surface area contributed by atoms with Crippen molar-refractivity contribution >= 4 is 11.8 Å². The Kier molecular flexibility index (Phi) is 3.65. The standard InChI is InChI=1S/C17H16N2O3/c1-11-9-12(7-8-15(11)22-2)10-18-19-16(20)13-5-3-4-6-14(13)17(19)21/h3-9,18H,10H2,1-2H3. The lowest BCUT2D eigenvalue weighted by atomic mass is 10.1. The maximum atomic E-state index is 12.2. The van der Waals surface area contributed by atoms with Gasteiger partial charge in [-0.3, -0.25) is 9.59 Å². The molecule has 0 aliphatic carbocycles. The Morgan fingerprint density at radius 2 is 1.68 bits per heavy atom. The van der Waals surface area contributed by atoms with Gasteiger partial charge < -0.3 is 4.74 Å². The van der Waals surface area contributed by atoms with E-state index in [-0.39, 0.29) is 11.8 Å². The van der Waals surface area contributed by atoms with Crippen molar-refractivity contribution in [1.29, 1.82) is 0 Å². The monoisotopic (exact) mass is 296 g/mol. The highest BCUT2D eigenvalue weighted by Gasteiger charge is 2.35. The zero-order valence-electron chi connectivity index (χ0n) is 12.4. The third kappa shape index (κ3) is 2.35. The Labute approximate surface area is 128 Å². The summed E-state index contributed by atoms with van der Waals surface area (Å²) in [5, 5.41) is 1.07. The van der Waals surface area contributed by atoms with Crippen molar-refractivity contribution in [3.63, 3.8) is 0 Å². The lowest BCUT2D eigenvalue weighted by Gasteiger charge is -2.16. The molecule has 0 fully saturated rings. The summed E-state index contributed by atoms with van der Waals surface area (Å²) in [7, 11) is 1.62. The lowest BCUT2D eigenvalue weighted by molar-refractivity contribution is 0.0562. The number of carbonyl (C=O) groups is 2. The van der Waals surface area contributed by atoms with Crippen LogP contribution in [0.15, 0.2) is 42.5 Å². The quantitative estimate of drug-likeness (QED) is 0.880. The fourth-order valence-corrected chi connectivity index (χ4v) is 2.55. The molecule has 3 rings (SSSR count). The second-order valence-electron chi connectivity index (χ2n) is 5.13. The normalized spacial score (nSPS) is 13.5. The summed E-state index contributed by atoms with van der Waals surface area (Å²) < 4.78 is 5.22. The van der Waals surface area contributed by atoms with E-state index in [9.17, 15) is 9.59 Å². The molecule has 2 amide bonds. The van der Waals surface area contributed by atoms with Gasteiger partial charge in [0.1, 0.15) is 5.75 Å². The van der Waals surface area contributed by atoms with Crippen molar-refractivity contribution in [2.24, 2.45) is 0 Å². The third-order valence-electron chi connectivity index (χ3n) is 3.69. The zero-order chi connectivity index (χ0) is 15.7. The molecule has 5 heteroatoms. The largest absolute Gasteiger partial charge is 0.496 e. The smallest absolute Gasteiger partial charge is 0.276 e. The number of benzene rings is 2. The van der Waals surface area contributed by atoms with E-state index < -0.39 is 0 Å². The first-order valence-electron chi connectivity index (χ1n) is 6.96. The highest BCUT2D eigenvalue weighted by atomic mass is 16.5. The van der Waals surface area contributed by atoms with E-state index in [1.165, 1.54) is 0 Å². The van der Waals surface area contributed by atoms with Crippen molar-refractivity contribution < 1.29 is 14.3 Å². The molecule has 1 aliphatic rings. The van der Waals surface area contributed by atoms with Gasteiger partial charge in [-0.15, -0.1) is 0 Å². The first kappa shape index (κ1) is 14.3. The van der Waals surface area contributed by atoms with Crippen LogP contribution in [0, 0.1) is 6.92 Å². The van der Waals surface area contributed by atoms with Crippen LogP contribution in [0.25, 0.3) is 0 Å². The van der Waals surface area contributed by atoms with Gasteiger partial charge in [-0.2, -0.15) is 0 Å². The number of nitrogens with zero attached hydrogens (tertiary/aromatic N) is 1. The molecule has 2 aromatic rings. The summed E-state index contributed by atoms with van der Waals surface area (Å²) >= 11 is 0. The molecule has 1 aliphatic heterocycles. The average Bonchev–Trinajstić information content (AvgIpc) is 2.77. The number of hydrazine groups is 1. The number of ether oxygens (including phenoxy) is 1. The molecule has 1 heterocycles. The van der Waals surface area contributed by atoms with Crippen molar-refractivity contribution in [2.75, 3.05) is 7.11 Å². The van der Waals surface area contributed by atoms with Gasteiger partial charge >= 0.3 is 0 Å². The zero-order valence-corrected chi connectivity index (χ0v) is 12.4. The van der Waals surface area contributed by atoms with Gasteiger partial charge in [-0.1, -0.05) is 24.3 Å². The molecule has 0 saturated carbocycles. The molecular formula is C17H16N2O3. The molecule has 0 bridgehead atoms. The van der Waals surface area contributed by atoms with Gasteiger partial charge in [0.15, 0.2) is 0 Å². The second-order valence-corrected chi connectivity index (χ2v) is 5.13. The van der Waals surface area contributed by atoms with E-state index in [2.05, 4.69) is 5.43 Å². The van der Waals surface area contributed by atoms with E-state index >= 15 is 0 Å². The number of aryl methyl sites for hydroxylation is 1. The highest BCUT2D eigenvalue weighted by Crippen LogP contribution is 2.22. The molecular weight excluding hydrogens is 280 g/mol. The van der Waals surface area contributed by atoms with E-state index in [0.717, 1.165) is 21.9 Å². The van der Waals surface area contributed by atoms with E-state index in [0.29, 0.717) is 17.7 Å². The molecule has 112 valence electrons. The molecule has 0 saturated heterocycles. The predicted octanol–water partition coefficient (Wildman–Crippen LogP) is 2.30. The van der Waals surface area contributed by atoms with Crippen LogP contribution in [-0.4, -0.2) is 23.9 Å². The number of amides is 2. The van der Waals surface area contributed by atoms with Crippen molar-refractivity contribution in [3.05, 3.63) is 64.7 Å². The van der Waals surface area contributed by atoms with Crippen LogP contribution in [0.2, 0.25) is 0 Å². The van der Waals surface area contributed by atoms with E-state index in [1.54, 1.807) is 31.4 Å². The van der Waals surface area contributed by atoms with Crippen LogP contribution in [0.4, 0.5) is 0 Å². The van der Waals surface area contributed by atoms with Gasteiger partial charge in [-0.05, 0) is 36.2 Å². The number of rotatable bonds is 4. The molecule has 0 spiro atoms. The molecule has 0 aromatic heterocycles.